The molecule has 0 saturated heterocycles. The van der Waals surface area contributed by atoms with Crippen LogP contribution in [0.4, 0.5) is 5.69 Å². The summed E-state index contributed by atoms with van der Waals surface area (Å²) < 4.78 is 1.12. The van der Waals surface area contributed by atoms with Crippen LogP contribution in [-0.2, 0) is 6.61 Å². The minimum absolute atomic E-state index is 0.0761. The van der Waals surface area contributed by atoms with E-state index in [9.17, 15) is 0 Å². The molecule has 0 amide bonds. The summed E-state index contributed by atoms with van der Waals surface area (Å²) >= 11 is 1.56. The topological polar surface area (TPSA) is 24.6 Å². The molecule has 0 aliphatic carbocycles. The van der Waals surface area contributed by atoms with Crippen LogP contribution in [0, 0.1) is 6.57 Å². The first-order valence-electron chi connectivity index (χ1n) is 3.84. The lowest BCUT2D eigenvalue weighted by atomic mass is 10.2. The zero-order valence-corrected chi connectivity index (χ0v) is 7.64. The molecule has 0 saturated carbocycles. The second-order valence-electron chi connectivity index (χ2n) is 2.70. The molecule has 0 aliphatic heterocycles. The van der Waals surface area contributed by atoms with Crippen LogP contribution in [0.25, 0.3) is 14.9 Å². The molecule has 2 aromatic rings. The van der Waals surface area contributed by atoms with Crippen molar-refractivity contribution >= 4 is 27.1 Å². The molecule has 0 radical (unpaired) electrons. The van der Waals surface area contributed by atoms with E-state index in [1.807, 2.05) is 18.2 Å². The number of fused-ring (bicyclic) bond motifs is 1. The molecular weight excluding hydrogens is 182 g/mol. The molecule has 0 spiro atoms. The molecule has 0 fully saturated rings. The first kappa shape index (κ1) is 8.24. The SMILES string of the molecule is [C-]#[N+]c1ccc2sc(CO)cc2c1. The second-order valence-corrected chi connectivity index (χ2v) is 3.87. The summed E-state index contributed by atoms with van der Waals surface area (Å²) in [6.07, 6.45) is 0. The van der Waals surface area contributed by atoms with Crippen molar-refractivity contribution in [2.75, 3.05) is 0 Å². The summed E-state index contributed by atoms with van der Waals surface area (Å²) in [6, 6.07) is 7.49. The summed E-state index contributed by atoms with van der Waals surface area (Å²) in [7, 11) is 0. The van der Waals surface area contributed by atoms with Gasteiger partial charge in [-0.15, -0.1) is 11.3 Å². The maximum Gasteiger partial charge on any atom is 0.187 e. The number of rotatable bonds is 1. The predicted molar refractivity (Wildman–Crippen MR) is 54.0 cm³/mol. The Morgan fingerprint density at radius 3 is 2.92 bits per heavy atom. The third-order valence-corrected chi connectivity index (χ3v) is 2.94. The van der Waals surface area contributed by atoms with Crippen LogP contribution in [0.3, 0.4) is 0 Å². The maximum atomic E-state index is 8.92. The third-order valence-electron chi connectivity index (χ3n) is 1.84. The quantitative estimate of drug-likeness (QED) is 0.685. The molecule has 0 unspecified atom stereocenters. The Bertz CT molecular complexity index is 481. The van der Waals surface area contributed by atoms with E-state index in [1.165, 1.54) is 0 Å². The lowest BCUT2D eigenvalue weighted by Gasteiger charge is -1.88. The highest BCUT2D eigenvalue weighted by atomic mass is 32.1. The van der Waals surface area contributed by atoms with Crippen molar-refractivity contribution in [2.45, 2.75) is 6.61 Å². The van der Waals surface area contributed by atoms with Crippen molar-refractivity contribution in [1.82, 2.24) is 0 Å². The standard InChI is InChI=1S/C10H7NOS/c1-11-8-2-3-10-7(4-8)5-9(6-12)13-10/h2-5,12H,6H2. The zero-order chi connectivity index (χ0) is 9.26. The zero-order valence-electron chi connectivity index (χ0n) is 6.82. The smallest absolute Gasteiger partial charge is 0.187 e. The Kier molecular flexibility index (Phi) is 2.01. The highest BCUT2D eigenvalue weighted by molar-refractivity contribution is 7.19. The monoisotopic (exact) mass is 189 g/mol. The van der Waals surface area contributed by atoms with Crippen molar-refractivity contribution in [3.8, 4) is 0 Å². The summed E-state index contributed by atoms with van der Waals surface area (Å²) in [6.45, 7) is 6.93. The molecule has 0 bridgehead atoms. The lowest BCUT2D eigenvalue weighted by molar-refractivity contribution is 0.285. The van der Waals surface area contributed by atoms with Crippen LogP contribution >= 0.6 is 11.3 Å². The van der Waals surface area contributed by atoms with E-state index in [-0.39, 0.29) is 6.61 Å². The van der Waals surface area contributed by atoms with Crippen molar-refractivity contribution in [2.24, 2.45) is 0 Å². The molecular formula is C10H7NOS. The van der Waals surface area contributed by atoms with Crippen LogP contribution < -0.4 is 0 Å². The Morgan fingerprint density at radius 2 is 2.23 bits per heavy atom. The minimum Gasteiger partial charge on any atom is -0.391 e. The molecule has 64 valence electrons. The third kappa shape index (κ3) is 1.42. The number of aliphatic hydroxyl groups excluding tert-OH is 1. The number of thiophene rings is 1. The average Bonchev–Trinajstić information content (AvgIpc) is 2.58. The van der Waals surface area contributed by atoms with Gasteiger partial charge >= 0.3 is 0 Å². The van der Waals surface area contributed by atoms with Gasteiger partial charge in [0.2, 0.25) is 0 Å². The summed E-state index contributed by atoms with van der Waals surface area (Å²) in [4.78, 5) is 4.29. The number of aliphatic hydroxyl groups is 1. The van der Waals surface area contributed by atoms with Gasteiger partial charge < -0.3 is 5.11 Å². The first-order chi connectivity index (χ1) is 6.33. The van der Waals surface area contributed by atoms with Gasteiger partial charge in [0.15, 0.2) is 5.69 Å². The normalized spacial score (nSPS) is 10.2. The van der Waals surface area contributed by atoms with E-state index in [0.717, 1.165) is 15.0 Å². The Balaban J connectivity index is 2.65. The van der Waals surface area contributed by atoms with Crippen molar-refractivity contribution in [3.63, 3.8) is 0 Å². The van der Waals surface area contributed by atoms with Crippen LogP contribution in [0.2, 0.25) is 0 Å². The highest BCUT2D eigenvalue weighted by Gasteiger charge is 2.01. The molecule has 1 aromatic carbocycles. The van der Waals surface area contributed by atoms with Gasteiger partial charge in [-0.3, -0.25) is 0 Å². The predicted octanol–water partition coefficient (Wildman–Crippen LogP) is 2.94. The van der Waals surface area contributed by atoms with Gasteiger partial charge in [0, 0.05) is 9.58 Å². The van der Waals surface area contributed by atoms with Crippen molar-refractivity contribution < 1.29 is 5.11 Å². The maximum absolute atomic E-state index is 8.92. The highest BCUT2D eigenvalue weighted by Crippen LogP contribution is 2.28. The van der Waals surface area contributed by atoms with Gasteiger partial charge in [0.1, 0.15) is 0 Å². The number of hydrogen-bond donors (Lipinski definition) is 1. The Hall–Kier alpha value is -1.37. The van der Waals surface area contributed by atoms with Crippen molar-refractivity contribution in [1.29, 1.82) is 0 Å². The van der Waals surface area contributed by atoms with Crippen LogP contribution in [0.1, 0.15) is 4.88 Å². The summed E-state index contributed by atoms with van der Waals surface area (Å²) in [5.74, 6) is 0. The minimum atomic E-state index is 0.0761. The molecule has 2 nitrogen and oxygen atoms in total. The number of benzene rings is 1. The molecule has 2 rings (SSSR count). The summed E-state index contributed by atoms with van der Waals surface area (Å²) in [5, 5.41) is 9.96. The second kappa shape index (κ2) is 3.17. The van der Waals surface area contributed by atoms with Crippen LogP contribution in [-0.4, -0.2) is 5.11 Å². The van der Waals surface area contributed by atoms with E-state index in [4.69, 9.17) is 11.7 Å². The fourth-order valence-electron chi connectivity index (χ4n) is 1.23. The van der Waals surface area contributed by atoms with Gasteiger partial charge in [-0.05, 0) is 17.5 Å². The van der Waals surface area contributed by atoms with Gasteiger partial charge in [-0.2, -0.15) is 0 Å². The molecule has 1 heterocycles. The average molecular weight is 189 g/mol. The van der Waals surface area contributed by atoms with Gasteiger partial charge in [0.05, 0.1) is 13.2 Å². The Labute approximate surface area is 79.9 Å². The molecule has 0 atom stereocenters. The molecule has 1 N–H and O–H groups in total. The van der Waals surface area contributed by atoms with Gasteiger partial charge in [-0.1, -0.05) is 12.1 Å². The first-order valence-corrected chi connectivity index (χ1v) is 4.66. The largest absolute Gasteiger partial charge is 0.391 e. The number of nitrogens with zero attached hydrogens (tertiary/aromatic N) is 1. The van der Waals surface area contributed by atoms with E-state index in [0.29, 0.717) is 5.69 Å². The van der Waals surface area contributed by atoms with E-state index < -0.39 is 0 Å². The van der Waals surface area contributed by atoms with Gasteiger partial charge in [-0.25, -0.2) is 4.85 Å². The van der Waals surface area contributed by atoms with Crippen LogP contribution in [0.5, 0.6) is 0 Å². The molecule has 13 heavy (non-hydrogen) atoms. The molecule has 0 aliphatic rings. The summed E-state index contributed by atoms with van der Waals surface area (Å²) in [5.41, 5.74) is 0.648. The number of hydrogen-bond acceptors (Lipinski definition) is 2. The molecule has 1 aromatic heterocycles. The fraction of sp³-hybridized carbons (Fsp3) is 0.100. The van der Waals surface area contributed by atoms with E-state index >= 15 is 0 Å². The van der Waals surface area contributed by atoms with E-state index in [2.05, 4.69) is 4.85 Å². The van der Waals surface area contributed by atoms with Gasteiger partial charge in [0.25, 0.3) is 0 Å². The Morgan fingerprint density at radius 1 is 1.38 bits per heavy atom. The van der Waals surface area contributed by atoms with Crippen LogP contribution in [0.15, 0.2) is 24.3 Å². The fourth-order valence-corrected chi connectivity index (χ4v) is 2.14. The lowest BCUT2D eigenvalue weighted by Crippen LogP contribution is -1.70. The molecule has 3 heteroatoms. The van der Waals surface area contributed by atoms with Crippen molar-refractivity contribution in [3.05, 3.63) is 40.6 Å². The van der Waals surface area contributed by atoms with E-state index in [1.54, 1.807) is 17.4 Å².